The van der Waals surface area contributed by atoms with Gasteiger partial charge >= 0.3 is 0 Å². The van der Waals surface area contributed by atoms with Crippen LogP contribution in [-0.2, 0) is 13.1 Å². The van der Waals surface area contributed by atoms with Crippen molar-refractivity contribution in [3.05, 3.63) is 18.2 Å². The Morgan fingerprint density at radius 3 is 2.78 bits per heavy atom. The molecule has 0 spiro atoms. The highest BCUT2D eigenvalue weighted by Crippen LogP contribution is 2.16. The molecule has 0 radical (unpaired) electrons. The van der Waals surface area contributed by atoms with Gasteiger partial charge in [-0.3, -0.25) is 0 Å². The summed E-state index contributed by atoms with van der Waals surface area (Å²) in [6, 6.07) is 0.643. The van der Waals surface area contributed by atoms with E-state index >= 15 is 0 Å². The molecule has 18 heavy (non-hydrogen) atoms. The number of thioether (sulfide) groups is 2. The van der Waals surface area contributed by atoms with E-state index in [1.54, 1.807) is 0 Å². The van der Waals surface area contributed by atoms with E-state index in [1.807, 2.05) is 12.5 Å². The summed E-state index contributed by atoms with van der Waals surface area (Å²) in [7, 11) is 0. The molecule has 0 aliphatic carbocycles. The molecule has 5 heteroatoms. The summed E-state index contributed by atoms with van der Waals surface area (Å²) in [6.45, 7) is 6.50. The van der Waals surface area contributed by atoms with Gasteiger partial charge in [-0.15, -0.1) is 0 Å². The van der Waals surface area contributed by atoms with Crippen LogP contribution in [0, 0.1) is 5.92 Å². The van der Waals surface area contributed by atoms with Crippen molar-refractivity contribution in [3.63, 3.8) is 0 Å². The number of nitrogens with zero attached hydrogens (tertiary/aromatic N) is 2. The third-order valence-corrected chi connectivity index (χ3v) is 5.46. The van der Waals surface area contributed by atoms with Gasteiger partial charge in [0.05, 0.1) is 12.0 Å². The topological polar surface area (TPSA) is 29.9 Å². The van der Waals surface area contributed by atoms with Crippen LogP contribution in [0.4, 0.5) is 0 Å². The summed E-state index contributed by atoms with van der Waals surface area (Å²) in [4.78, 5) is 4.27. The predicted octanol–water partition coefficient (Wildman–Crippen LogP) is 2.48. The van der Waals surface area contributed by atoms with Crippen molar-refractivity contribution in [2.24, 2.45) is 5.92 Å². The van der Waals surface area contributed by atoms with E-state index in [1.165, 1.54) is 28.7 Å². The number of hydrogen-bond acceptors (Lipinski definition) is 4. The molecule has 1 saturated heterocycles. The molecule has 1 N–H and O–H groups in total. The average molecular weight is 285 g/mol. The summed E-state index contributed by atoms with van der Waals surface area (Å²) in [5.74, 6) is 5.75. The molecule has 1 aromatic rings. The maximum Gasteiger partial charge on any atom is 0.0948 e. The molecule has 0 bridgehead atoms. The van der Waals surface area contributed by atoms with Crippen molar-refractivity contribution < 1.29 is 0 Å². The van der Waals surface area contributed by atoms with E-state index in [4.69, 9.17) is 0 Å². The first-order chi connectivity index (χ1) is 8.75. The standard InChI is InChI=1S/C13H23N3S2/c1-11(2)7-16-10-14-5-13(16)6-15-12-8-17-3-4-18-9-12/h5,10-12,15H,3-4,6-9H2,1-2H3. The molecule has 102 valence electrons. The first kappa shape index (κ1) is 14.3. The molecular weight excluding hydrogens is 262 g/mol. The monoisotopic (exact) mass is 285 g/mol. The number of imidazole rings is 1. The van der Waals surface area contributed by atoms with Gasteiger partial charge in [-0.1, -0.05) is 13.8 Å². The number of hydrogen-bond donors (Lipinski definition) is 1. The molecule has 3 nitrogen and oxygen atoms in total. The van der Waals surface area contributed by atoms with E-state index in [-0.39, 0.29) is 0 Å². The van der Waals surface area contributed by atoms with Gasteiger partial charge in [0.25, 0.3) is 0 Å². The van der Waals surface area contributed by atoms with Crippen molar-refractivity contribution in [2.45, 2.75) is 33.0 Å². The average Bonchev–Trinajstić information content (AvgIpc) is 2.62. The first-order valence-corrected chi connectivity index (χ1v) is 8.94. The fourth-order valence-corrected chi connectivity index (χ4v) is 4.50. The van der Waals surface area contributed by atoms with Crippen molar-refractivity contribution >= 4 is 23.5 Å². The highest BCUT2D eigenvalue weighted by molar-refractivity contribution is 8.03. The van der Waals surface area contributed by atoms with Crippen LogP contribution < -0.4 is 5.32 Å². The minimum atomic E-state index is 0.643. The van der Waals surface area contributed by atoms with E-state index in [0.717, 1.165) is 13.1 Å². The molecule has 0 saturated carbocycles. The predicted molar refractivity (Wildman–Crippen MR) is 82.3 cm³/mol. The Morgan fingerprint density at radius 1 is 1.39 bits per heavy atom. The Bertz CT molecular complexity index is 344. The summed E-state index contributed by atoms with van der Waals surface area (Å²) in [6.07, 6.45) is 3.94. The SMILES string of the molecule is CC(C)Cn1cncc1CNC1CSCCSC1. The summed E-state index contributed by atoms with van der Waals surface area (Å²) >= 11 is 4.14. The second kappa shape index (κ2) is 7.46. The summed E-state index contributed by atoms with van der Waals surface area (Å²) in [5, 5.41) is 3.68. The lowest BCUT2D eigenvalue weighted by Crippen LogP contribution is -2.33. The molecular formula is C13H23N3S2. The molecule has 0 aromatic carbocycles. The van der Waals surface area contributed by atoms with Crippen molar-refractivity contribution in [1.82, 2.24) is 14.9 Å². The molecule has 0 atom stereocenters. The minimum absolute atomic E-state index is 0.643. The Hall–Kier alpha value is -0.130. The second-order valence-electron chi connectivity index (χ2n) is 5.16. The smallest absolute Gasteiger partial charge is 0.0948 e. The van der Waals surface area contributed by atoms with E-state index in [0.29, 0.717) is 12.0 Å². The van der Waals surface area contributed by atoms with Crippen LogP contribution >= 0.6 is 23.5 Å². The van der Waals surface area contributed by atoms with Crippen LogP contribution in [0.2, 0.25) is 0 Å². The van der Waals surface area contributed by atoms with E-state index in [2.05, 4.69) is 52.2 Å². The normalized spacial score (nSPS) is 18.2. The molecule has 0 amide bonds. The fourth-order valence-electron chi connectivity index (χ4n) is 2.04. The second-order valence-corrected chi connectivity index (χ2v) is 7.46. The molecule has 1 aliphatic heterocycles. The number of rotatable bonds is 5. The molecule has 2 heterocycles. The quantitative estimate of drug-likeness (QED) is 0.900. The van der Waals surface area contributed by atoms with Gasteiger partial charge in [0.1, 0.15) is 0 Å². The van der Waals surface area contributed by atoms with Crippen LogP contribution in [0.1, 0.15) is 19.5 Å². The first-order valence-electron chi connectivity index (χ1n) is 6.63. The molecule has 1 fully saturated rings. The molecule has 0 unspecified atom stereocenters. The van der Waals surface area contributed by atoms with Gasteiger partial charge < -0.3 is 9.88 Å². The third kappa shape index (κ3) is 4.52. The van der Waals surface area contributed by atoms with Crippen molar-refractivity contribution in [3.8, 4) is 0 Å². The molecule has 2 rings (SSSR count). The zero-order valence-electron chi connectivity index (χ0n) is 11.3. The van der Waals surface area contributed by atoms with Crippen molar-refractivity contribution in [1.29, 1.82) is 0 Å². The Morgan fingerprint density at radius 2 is 2.11 bits per heavy atom. The number of aromatic nitrogens is 2. The maximum absolute atomic E-state index is 4.27. The van der Waals surface area contributed by atoms with Gasteiger partial charge in [0, 0.05) is 48.3 Å². The largest absolute Gasteiger partial charge is 0.333 e. The molecule has 1 aromatic heterocycles. The third-order valence-electron chi connectivity index (χ3n) is 2.94. The maximum atomic E-state index is 4.27. The summed E-state index contributed by atoms with van der Waals surface area (Å²) < 4.78 is 2.27. The minimum Gasteiger partial charge on any atom is -0.333 e. The lowest BCUT2D eigenvalue weighted by molar-refractivity contribution is 0.493. The Labute approximate surface area is 119 Å². The summed E-state index contributed by atoms with van der Waals surface area (Å²) in [5.41, 5.74) is 1.31. The van der Waals surface area contributed by atoms with Crippen LogP contribution in [0.25, 0.3) is 0 Å². The zero-order chi connectivity index (χ0) is 12.8. The van der Waals surface area contributed by atoms with Crippen molar-refractivity contribution in [2.75, 3.05) is 23.0 Å². The Kier molecular flexibility index (Phi) is 5.92. The Balaban J connectivity index is 1.83. The van der Waals surface area contributed by atoms with Gasteiger partial charge in [-0.2, -0.15) is 23.5 Å². The fraction of sp³-hybridized carbons (Fsp3) is 0.769. The van der Waals surface area contributed by atoms with Gasteiger partial charge in [-0.05, 0) is 5.92 Å². The lowest BCUT2D eigenvalue weighted by atomic mass is 10.2. The van der Waals surface area contributed by atoms with E-state index in [9.17, 15) is 0 Å². The highest BCUT2D eigenvalue weighted by atomic mass is 32.2. The zero-order valence-corrected chi connectivity index (χ0v) is 12.9. The highest BCUT2D eigenvalue weighted by Gasteiger charge is 2.13. The van der Waals surface area contributed by atoms with Gasteiger partial charge in [0.15, 0.2) is 0 Å². The molecule has 1 aliphatic rings. The van der Waals surface area contributed by atoms with Crippen LogP contribution in [0.5, 0.6) is 0 Å². The van der Waals surface area contributed by atoms with E-state index < -0.39 is 0 Å². The number of nitrogens with one attached hydrogen (secondary N) is 1. The van der Waals surface area contributed by atoms with Crippen LogP contribution in [-0.4, -0.2) is 38.6 Å². The van der Waals surface area contributed by atoms with Crippen LogP contribution in [0.15, 0.2) is 12.5 Å². The van der Waals surface area contributed by atoms with Crippen LogP contribution in [0.3, 0.4) is 0 Å². The lowest BCUT2D eigenvalue weighted by Gasteiger charge is -2.16. The van der Waals surface area contributed by atoms with Gasteiger partial charge in [-0.25, -0.2) is 4.98 Å². The van der Waals surface area contributed by atoms with Gasteiger partial charge in [0.2, 0.25) is 0 Å².